The van der Waals surface area contributed by atoms with E-state index in [1.54, 1.807) is 44.4 Å². The molecule has 0 fully saturated rings. The summed E-state index contributed by atoms with van der Waals surface area (Å²) in [5.41, 5.74) is 1.29. The van der Waals surface area contributed by atoms with Crippen molar-refractivity contribution in [3.8, 4) is 5.75 Å². The zero-order valence-corrected chi connectivity index (χ0v) is 20.8. The van der Waals surface area contributed by atoms with Crippen molar-refractivity contribution >= 4 is 39.1 Å². The molecule has 180 valence electrons. The van der Waals surface area contributed by atoms with E-state index in [0.717, 1.165) is 11.8 Å². The fourth-order valence-electron chi connectivity index (χ4n) is 3.37. The Balaban J connectivity index is 2.15. The monoisotopic (exact) mass is 495 g/mol. The Morgan fingerprint density at radius 2 is 1.82 bits per heavy atom. The van der Waals surface area contributed by atoms with E-state index in [0.29, 0.717) is 16.5 Å². The number of carbonyl (C=O) groups is 2. The first-order valence-electron chi connectivity index (χ1n) is 10.4. The van der Waals surface area contributed by atoms with E-state index in [1.807, 2.05) is 18.2 Å². The molecule has 2 aromatic carbocycles. The highest BCUT2D eigenvalue weighted by atomic mass is 35.5. The number of anilines is 1. The minimum atomic E-state index is -3.55. The second kappa shape index (κ2) is 11.9. The molecule has 2 amide bonds. The van der Waals surface area contributed by atoms with Gasteiger partial charge in [-0.2, -0.15) is 0 Å². The number of ether oxygens (including phenoxy) is 1. The Morgan fingerprint density at radius 1 is 1.15 bits per heavy atom. The Labute approximate surface area is 200 Å². The van der Waals surface area contributed by atoms with Crippen molar-refractivity contribution < 1.29 is 22.7 Å². The zero-order chi connectivity index (χ0) is 24.6. The third-order valence-corrected chi connectivity index (χ3v) is 6.61. The van der Waals surface area contributed by atoms with Gasteiger partial charge in [0, 0.05) is 31.6 Å². The molecule has 1 N–H and O–H groups in total. The largest absolute Gasteiger partial charge is 0.497 e. The third kappa shape index (κ3) is 7.64. The van der Waals surface area contributed by atoms with Gasteiger partial charge in [-0.1, -0.05) is 23.7 Å². The molecule has 0 bridgehead atoms. The number of nitrogens with one attached hydrogen (secondary N) is 1. The number of nitrogens with zero attached hydrogens (tertiary/aromatic N) is 2. The third-order valence-electron chi connectivity index (χ3n) is 5.17. The van der Waals surface area contributed by atoms with Crippen molar-refractivity contribution in [2.24, 2.45) is 0 Å². The number of likely N-dealkylation sites (N-methyl/N-ethyl adjacent to an activating group) is 1. The summed E-state index contributed by atoms with van der Waals surface area (Å²) in [4.78, 5) is 26.9. The van der Waals surface area contributed by atoms with Gasteiger partial charge in [0.1, 0.15) is 11.8 Å². The molecule has 0 aliphatic carbocycles. The quantitative estimate of drug-likeness (QED) is 0.517. The van der Waals surface area contributed by atoms with E-state index < -0.39 is 16.1 Å². The highest BCUT2D eigenvalue weighted by molar-refractivity contribution is 7.92. The van der Waals surface area contributed by atoms with Crippen molar-refractivity contribution in [3.05, 3.63) is 59.1 Å². The number of carbonyl (C=O) groups excluding carboxylic acids is 2. The lowest BCUT2D eigenvalue weighted by atomic mass is 10.1. The van der Waals surface area contributed by atoms with E-state index in [2.05, 4.69) is 5.32 Å². The van der Waals surface area contributed by atoms with Gasteiger partial charge in [-0.25, -0.2) is 8.42 Å². The van der Waals surface area contributed by atoms with Crippen LogP contribution in [0.3, 0.4) is 0 Å². The van der Waals surface area contributed by atoms with Crippen LogP contribution in [0.2, 0.25) is 5.02 Å². The van der Waals surface area contributed by atoms with Crippen molar-refractivity contribution in [2.45, 2.75) is 32.4 Å². The summed E-state index contributed by atoms with van der Waals surface area (Å²) in [6, 6.07) is 13.0. The van der Waals surface area contributed by atoms with Crippen LogP contribution < -0.4 is 14.4 Å². The fraction of sp³-hybridized carbons (Fsp3) is 0.391. The Kier molecular flexibility index (Phi) is 9.55. The summed E-state index contributed by atoms with van der Waals surface area (Å²) in [5, 5.41) is 3.07. The number of hydrogen-bond donors (Lipinski definition) is 1. The summed E-state index contributed by atoms with van der Waals surface area (Å²) in [5.74, 6) is 0.114. The molecule has 2 rings (SSSR count). The second-order valence-electron chi connectivity index (χ2n) is 7.58. The maximum atomic E-state index is 13.1. The molecule has 0 spiro atoms. The topological polar surface area (TPSA) is 96.0 Å². The molecule has 0 radical (unpaired) electrons. The Hall–Kier alpha value is -2.78. The molecule has 1 unspecified atom stereocenters. The summed E-state index contributed by atoms with van der Waals surface area (Å²) < 4.78 is 31.1. The molecule has 0 aliphatic heterocycles. The van der Waals surface area contributed by atoms with Gasteiger partial charge in [0.05, 0.1) is 19.1 Å². The Morgan fingerprint density at radius 3 is 2.39 bits per heavy atom. The van der Waals surface area contributed by atoms with Crippen LogP contribution in [0.15, 0.2) is 48.5 Å². The molecular weight excluding hydrogens is 466 g/mol. The molecule has 10 heteroatoms. The van der Waals surface area contributed by atoms with E-state index >= 15 is 0 Å². The molecule has 0 heterocycles. The van der Waals surface area contributed by atoms with Gasteiger partial charge in [-0.3, -0.25) is 13.9 Å². The number of sulfonamides is 1. The van der Waals surface area contributed by atoms with Crippen LogP contribution in [-0.4, -0.2) is 58.1 Å². The first kappa shape index (κ1) is 26.5. The number of halogens is 1. The summed E-state index contributed by atoms with van der Waals surface area (Å²) >= 11 is 5.91. The van der Waals surface area contributed by atoms with Crippen molar-refractivity contribution in [1.82, 2.24) is 10.2 Å². The van der Waals surface area contributed by atoms with Gasteiger partial charge in [0.25, 0.3) is 0 Å². The lowest BCUT2D eigenvalue weighted by Gasteiger charge is -2.29. The minimum Gasteiger partial charge on any atom is -0.497 e. The van der Waals surface area contributed by atoms with Gasteiger partial charge >= 0.3 is 0 Å². The van der Waals surface area contributed by atoms with Crippen LogP contribution in [0.25, 0.3) is 0 Å². The van der Waals surface area contributed by atoms with E-state index in [1.165, 1.54) is 16.3 Å². The number of hydrogen-bond acceptors (Lipinski definition) is 5. The van der Waals surface area contributed by atoms with Crippen LogP contribution in [0.5, 0.6) is 5.75 Å². The fourth-order valence-corrected chi connectivity index (χ4v) is 4.46. The molecule has 0 aromatic heterocycles. The smallest absolute Gasteiger partial charge is 0.242 e. The van der Waals surface area contributed by atoms with Crippen LogP contribution >= 0.6 is 11.6 Å². The average Bonchev–Trinajstić information content (AvgIpc) is 2.79. The average molecular weight is 496 g/mol. The molecule has 33 heavy (non-hydrogen) atoms. The summed E-state index contributed by atoms with van der Waals surface area (Å²) in [7, 11) is -0.476. The van der Waals surface area contributed by atoms with Gasteiger partial charge in [-0.05, 0) is 55.3 Å². The maximum absolute atomic E-state index is 13.1. The van der Waals surface area contributed by atoms with Crippen molar-refractivity contribution in [3.63, 3.8) is 0 Å². The van der Waals surface area contributed by atoms with Gasteiger partial charge in [-0.15, -0.1) is 0 Å². The van der Waals surface area contributed by atoms with Gasteiger partial charge < -0.3 is 15.0 Å². The standard InChI is InChI=1S/C23H30ClN3O5S/c1-17(23(29)25-2)26(16-18-7-5-8-21(15-18)32-3)22(28)9-6-14-27(33(4,30)31)20-12-10-19(24)11-13-20/h5,7-8,10-13,15,17H,6,9,14,16H2,1-4H3,(H,25,29). The molecular formula is C23H30ClN3O5S. The van der Waals surface area contributed by atoms with E-state index in [9.17, 15) is 18.0 Å². The minimum absolute atomic E-state index is 0.0743. The first-order valence-corrected chi connectivity index (χ1v) is 12.7. The predicted octanol–water partition coefficient (Wildman–Crippen LogP) is 3.06. The lowest BCUT2D eigenvalue weighted by Crippen LogP contribution is -2.46. The zero-order valence-electron chi connectivity index (χ0n) is 19.2. The molecule has 2 aromatic rings. The molecule has 0 saturated carbocycles. The lowest BCUT2D eigenvalue weighted by molar-refractivity contribution is -0.140. The molecule has 0 aliphatic rings. The predicted molar refractivity (Wildman–Crippen MR) is 130 cm³/mol. The highest BCUT2D eigenvalue weighted by Crippen LogP contribution is 2.22. The number of amides is 2. The normalized spacial score (nSPS) is 12.0. The van der Waals surface area contributed by atoms with Gasteiger partial charge in [0.15, 0.2) is 0 Å². The summed E-state index contributed by atoms with van der Waals surface area (Å²) in [6.45, 7) is 2.00. The first-order chi connectivity index (χ1) is 15.6. The number of methoxy groups -OCH3 is 1. The van der Waals surface area contributed by atoms with E-state index in [4.69, 9.17) is 16.3 Å². The van der Waals surface area contributed by atoms with Crippen molar-refractivity contribution in [2.75, 3.05) is 31.3 Å². The van der Waals surface area contributed by atoms with Crippen LogP contribution in [-0.2, 0) is 26.2 Å². The SMILES string of the molecule is CNC(=O)C(C)N(Cc1cccc(OC)c1)C(=O)CCCN(c1ccc(Cl)cc1)S(C)(=O)=O. The number of benzene rings is 2. The Bertz CT molecular complexity index is 1060. The van der Waals surface area contributed by atoms with Gasteiger partial charge in [0.2, 0.25) is 21.8 Å². The highest BCUT2D eigenvalue weighted by Gasteiger charge is 2.26. The van der Waals surface area contributed by atoms with Crippen LogP contribution in [0, 0.1) is 0 Å². The van der Waals surface area contributed by atoms with E-state index in [-0.39, 0.29) is 37.7 Å². The van der Waals surface area contributed by atoms with Crippen molar-refractivity contribution in [1.29, 1.82) is 0 Å². The van der Waals surface area contributed by atoms with Crippen LogP contribution in [0.1, 0.15) is 25.3 Å². The maximum Gasteiger partial charge on any atom is 0.242 e. The number of rotatable bonds is 11. The van der Waals surface area contributed by atoms with Crippen LogP contribution in [0.4, 0.5) is 5.69 Å². The second-order valence-corrected chi connectivity index (χ2v) is 9.92. The molecule has 1 atom stereocenters. The molecule has 0 saturated heterocycles. The molecule has 8 nitrogen and oxygen atoms in total. The summed E-state index contributed by atoms with van der Waals surface area (Å²) in [6.07, 6.45) is 1.47.